The molecular weight excluding hydrogens is 250 g/mol. The van der Waals surface area contributed by atoms with Crippen molar-refractivity contribution in [1.82, 2.24) is 4.98 Å². The van der Waals surface area contributed by atoms with Gasteiger partial charge in [-0.1, -0.05) is 25.5 Å². The van der Waals surface area contributed by atoms with Gasteiger partial charge in [-0.3, -0.25) is 9.59 Å². The van der Waals surface area contributed by atoms with E-state index in [1.54, 1.807) is 6.92 Å². The Morgan fingerprint density at radius 2 is 2.00 bits per heavy atom. The van der Waals surface area contributed by atoms with Crippen LogP contribution in [0.5, 0.6) is 0 Å². The Morgan fingerprint density at radius 3 is 2.65 bits per heavy atom. The van der Waals surface area contributed by atoms with E-state index in [2.05, 4.69) is 11.9 Å². The summed E-state index contributed by atoms with van der Waals surface area (Å²) >= 11 is 0. The molecule has 1 N–H and O–H groups in total. The quantitative estimate of drug-likeness (QED) is 0.906. The first-order valence-corrected chi connectivity index (χ1v) is 7.15. The van der Waals surface area contributed by atoms with E-state index in [1.165, 1.54) is 0 Å². The summed E-state index contributed by atoms with van der Waals surface area (Å²) in [4.78, 5) is 27.6. The van der Waals surface area contributed by atoms with Crippen molar-refractivity contribution >= 4 is 16.7 Å². The number of carbonyl (C=O) groups excluding carboxylic acids is 1. The van der Waals surface area contributed by atoms with Crippen LogP contribution in [0.1, 0.15) is 37.9 Å². The van der Waals surface area contributed by atoms with Crippen molar-refractivity contribution in [2.75, 3.05) is 0 Å². The van der Waals surface area contributed by atoms with E-state index in [0.29, 0.717) is 11.8 Å². The van der Waals surface area contributed by atoms with Gasteiger partial charge in [0.2, 0.25) is 0 Å². The van der Waals surface area contributed by atoms with Gasteiger partial charge in [-0.25, -0.2) is 0 Å². The van der Waals surface area contributed by atoms with Crippen LogP contribution in [0.15, 0.2) is 29.1 Å². The number of aromatic amines is 1. The van der Waals surface area contributed by atoms with E-state index in [-0.39, 0.29) is 17.1 Å². The Kier molecular flexibility index (Phi) is 4.38. The number of nitrogens with one attached hydrogen (secondary N) is 1. The van der Waals surface area contributed by atoms with Crippen LogP contribution in [0.25, 0.3) is 10.9 Å². The Balaban J connectivity index is 2.49. The predicted octanol–water partition coefficient (Wildman–Crippen LogP) is 3.38. The van der Waals surface area contributed by atoms with Crippen LogP contribution in [0.3, 0.4) is 0 Å². The number of H-pyrrole nitrogens is 1. The lowest BCUT2D eigenvalue weighted by Crippen LogP contribution is -2.21. The maximum Gasteiger partial charge on any atom is 0.192 e. The SMILES string of the molecule is CCCC(Cc1c(C)[nH]c2ccccc2c1=O)C(C)=O. The monoisotopic (exact) mass is 271 g/mol. The number of carbonyl (C=O) groups is 1. The number of pyridine rings is 1. The van der Waals surface area contributed by atoms with Crippen molar-refractivity contribution in [1.29, 1.82) is 0 Å². The predicted molar refractivity (Wildman–Crippen MR) is 82.1 cm³/mol. The number of fused-ring (bicyclic) bond motifs is 1. The molecule has 0 amide bonds. The van der Waals surface area contributed by atoms with Crippen molar-refractivity contribution in [2.45, 2.75) is 40.0 Å². The number of rotatable bonds is 5. The minimum absolute atomic E-state index is 0.0547. The third-order valence-corrected chi connectivity index (χ3v) is 3.88. The normalized spacial score (nSPS) is 12.6. The Bertz CT molecular complexity index is 685. The number of aromatic nitrogens is 1. The summed E-state index contributed by atoms with van der Waals surface area (Å²) in [6, 6.07) is 7.51. The van der Waals surface area contributed by atoms with E-state index in [0.717, 1.165) is 29.6 Å². The number of para-hydroxylation sites is 1. The standard InChI is InChI=1S/C17H21NO2/c1-4-7-13(12(3)19)10-15-11(2)18-16-9-6-5-8-14(16)17(15)20/h5-6,8-9,13H,4,7,10H2,1-3H3,(H,18,20). The topological polar surface area (TPSA) is 49.9 Å². The maximum absolute atomic E-state index is 12.6. The summed E-state index contributed by atoms with van der Waals surface area (Å²) in [5.41, 5.74) is 2.53. The van der Waals surface area contributed by atoms with Crippen molar-refractivity contribution in [3.05, 3.63) is 45.7 Å². The summed E-state index contributed by atoms with van der Waals surface area (Å²) in [6.07, 6.45) is 2.32. The molecular formula is C17H21NO2. The maximum atomic E-state index is 12.6. The molecule has 3 heteroatoms. The summed E-state index contributed by atoms with van der Waals surface area (Å²) in [6.45, 7) is 5.59. The number of ketones is 1. The lowest BCUT2D eigenvalue weighted by atomic mass is 9.90. The molecule has 0 aliphatic carbocycles. The van der Waals surface area contributed by atoms with Crippen molar-refractivity contribution < 1.29 is 4.79 Å². The van der Waals surface area contributed by atoms with Crippen LogP contribution in [0, 0.1) is 12.8 Å². The molecule has 0 aliphatic rings. The van der Waals surface area contributed by atoms with E-state index in [4.69, 9.17) is 0 Å². The van der Waals surface area contributed by atoms with Gasteiger partial charge >= 0.3 is 0 Å². The third kappa shape index (κ3) is 2.82. The minimum atomic E-state index is -0.0547. The number of hydrogen-bond donors (Lipinski definition) is 1. The van der Waals surface area contributed by atoms with E-state index < -0.39 is 0 Å². The fourth-order valence-corrected chi connectivity index (χ4v) is 2.69. The highest BCUT2D eigenvalue weighted by Gasteiger charge is 2.18. The highest BCUT2D eigenvalue weighted by atomic mass is 16.1. The van der Waals surface area contributed by atoms with Crippen LogP contribution < -0.4 is 5.43 Å². The lowest BCUT2D eigenvalue weighted by Gasteiger charge is -2.14. The van der Waals surface area contributed by atoms with Gasteiger partial charge in [0.25, 0.3) is 0 Å². The number of aryl methyl sites for hydroxylation is 1. The molecule has 1 aromatic carbocycles. The van der Waals surface area contributed by atoms with Gasteiger partial charge < -0.3 is 4.98 Å². The largest absolute Gasteiger partial charge is 0.358 e. The van der Waals surface area contributed by atoms with Crippen molar-refractivity contribution in [3.8, 4) is 0 Å². The van der Waals surface area contributed by atoms with Crippen molar-refractivity contribution in [2.24, 2.45) is 5.92 Å². The molecule has 0 aliphatic heterocycles. The molecule has 3 nitrogen and oxygen atoms in total. The smallest absolute Gasteiger partial charge is 0.192 e. The molecule has 1 atom stereocenters. The van der Waals surface area contributed by atoms with Gasteiger partial charge in [-0.05, 0) is 38.8 Å². The van der Waals surface area contributed by atoms with Gasteiger partial charge in [0.15, 0.2) is 5.43 Å². The molecule has 0 radical (unpaired) electrons. The molecule has 20 heavy (non-hydrogen) atoms. The Morgan fingerprint density at radius 1 is 1.30 bits per heavy atom. The van der Waals surface area contributed by atoms with Gasteiger partial charge in [0, 0.05) is 28.1 Å². The summed E-state index contributed by atoms with van der Waals surface area (Å²) in [7, 11) is 0. The second-order valence-electron chi connectivity index (χ2n) is 5.40. The van der Waals surface area contributed by atoms with Crippen molar-refractivity contribution in [3.63, 3.8) is 0 Å². The first-order valence-electron chi connectivity index (χ1n) is 7.15. The second kappa shape index (κ2) is 6.04. The molecule has 0 saturated heterocycles. The fourth-order valence-electron chi connectivity index (χ4n) is 2.69. The highest BCUT2D eigenvalue weighted by molar-refractivity contribution is 5.81. The average molecular weight is 271 g/mol. The molecule has 0 spiro atoms. The fraction of sp³-hybridized carbons (Fsp3) is 0.412. The number of hydrogen-bond acceptors (Lipinski definition) is 2. The molecule has 0 saturated carbocycles. The Hall–Kier alpha value is -1.90. The summed E-state index contributed by atoms with van der Waals surface area (Å²) in [5.74, 6) is 0.111. The second-order valence-corrected chi connectivity index (χ2v) is 5.40. The summed E-state index contributed by atoms with van der Waals surface area (Å²) in [5, 5.41) is 0.701. The van der Waals surface area contributed by atoms with Gasteiger partial charge in [-0.15, -0.1) is 0 Å². The molecule has 0 bridgehead atoms. The number of Topliss-reactive ketones (excluding diaryl/α,β-unsaturated/α-hetero) is 1. The highest BCUT2D eigenvalue weighted by Crippen LogP contribution is 2.17. The lowest BCUT2D eigenvalue weighted by molar-refractivity contribution is -0.120. The minimum Gasteiger partial charge on any atom is -0.358 e. The van der Waals surface area contributed by atoms with E-state index >= 15 is 0 Å². The molecule has 2 aromatic rings. The van der Waals surface area contributed by atoms with Crippen LogP contribution in [0.2, 0.25) is 0 Å². The van der Waals surface area contributed by atoms with Crippen LogP contribution >= 0.6 is 0 Å². The van der Waals surface area contributed by atoms with Crippen LogP contribution in [-0.4, -0.2) is 10.8 Å². The molecule has 1 aromatic heterocycles. The van der Waals surface area contributed by atoms with Gasteiger partial charge in [0.05, 0.1) is 0 Å². The molecule has 1 unspecified atom stereocenters. The summed E-state index contributed by atoms with van der Waals surface area (Å²) < 4.78 is 0. The molecule has 1 heterocycles. The first kappa shape index (κ1) is 14.5. The molecule has 106 valence electrons. The third-order valence-electron chi connectivity index (χ3n) is 3.88. The van der Waals surface area contributed by atoms with Crippen LogP contribution in [0.4, 0.5) is 0 Å². The first-order chi connectivity index (χ1) is 9.54. The average Bonchev–Trinajstić information content (AvgIpc) is 2.42. The zero-order valence-corrected chi connectivity index (χ0v) is 12.3. The van der Waals surface area contributed by atoms with Gasteiger partial charge in [-0.2, -0.15) is 0 Å². The Labute approximate surface area is 119 Å². The van der Waals surface area contributed by atoms with Crippen LogP contribution in [-0.2, 0) is 11.2 Å². The molecule has 0 fully saturated rings. The zero-order valence-electron chi connectivity index (χ0n) is 12.3. The van der Waals surface area contributed by atoms with E-state index in [9.17, 15) is 9.59 Å². The van der Waals surface area contributed by atoms with E-state index in [1.807, 2.05) is 31.2 Å². The zero-order chi connectivity index (χ0) is 14.7. The van der Waals surface area contributed by atoms with Gasteiger partial charge in [0.1, 0.15) is 5.78 Å². The number of benzene rings is 1. The molecule has 2 rings (SSSR count).